The molecular weight excluding hydrogens is 217 g/mol. The highest BCUT2D eigenvalue weighted by atomic mass is 19.1. The van der Waals surface area contributed by atoms with Gasteiger partial charge in [-0.2, -0.15) is 0 Å². The lowest BCUT2D eigenvalue weighted by molar-refractivity contribution is 0.555. The highest BCUT2D eigenvalue weighted by molar-refractivity contribution is 5.21. The van der Waals surface area contributed by atoms with Crippen LogP contribution in [0.1, 0.15) is 17.4 Å². The molecule has 1 atom stereocenters. The molecule has 1 N–H and O–H groups in total. The first kappa shape index (κ1) is 11.8. The monoisotopic (exact) mass is 233 g/mol. The SMILES string of the molecule is CNC(Cc1nccn1C)c1cccc(F)c1. The number of aryl methyl sites for hydroxylation is 1. The van der Waals surface area contributed by atoms with Crippen molar-refractivity contribution in [1.82, 2.24) is 14.9 Å². The van der Waals surface area contributed by atoms with Gasteiger partial charge in [0, 0.05) is 31.9 Å². The third kappa shape index (κ3) is 2.71. The van der Waals surface area contributed by atoms with Gasteiger partial charge in [-0.25, -0.2) is 9.37 Å². The van der Waals surface area contributed by atoms with Gasteiger partial charge in [0.15, 0.2) is 0 Å². The average molecular weight is 233 g/mol. The molecule has 0 aliphatic carbocycles. The molecule has 4 heteroatoms. The molecule has 2 rings (SSSR count). The van der Waals surface area contributed by atoms with Gasteiger partial charge in [-0.1, -0.05) is 12.1 Å². The van der Waals surface area contributed by atoms with Crippen LogP contribution in [0.15, 0.2) is 36.7 Å². The van der Waals surface area contributed by atoms with Crippen LogP contribution in [0.25, 0.3) is 0 Å². The quantitative estimate of drug-likeness (QED) is 0.876. The molecule has 1 aromatic heterocycles. The summed E-state index contributed by atoms with van der Waals surface area (Å²) in [6, 6.07) is 6.74. The minimum absolute atomic E-state index is 0.0757. The van der Waals surface area contributed by atoms with Crippen molar-refractivity contribution in [3.8, 4) is 0 Å². The summed E-state index contributed by atoms with van der Waals surface area (Å²) in [4.78, 5) is 4.28. The molecule has 0 amide bonds. The first-order valence-electron chi connectivity index (χ1n) is 5.59. The van der Waals surface area contributed by atoms with Gasteiger partial charge in [-0.05, 0) is 24.7 Å². The van der Waals surface area contributed by atoms with E-state index in [1.807, 2.05) is 30.9 Å². The summed E-state index contributed by atoms with van der Waals surface area (Å²) in [6.07, 6.45) is 4.42. The molecule has 0 spiro atoms. The minimum Gasteiger partial charge on any atom is -0.338 e. The number of benzene rings is 1. The van der Waals surface area contributed by atoms with E-state index >= 15 is 0 Å². The largest absolute Gasteiger partial charge is 0.338 e. The highest BCUT2D eigenvalue weighted by Gasteiger charge is 2.13. The van der Waals surface area contributed by atoms with Gasteiger partial charge in [0.1, 0.15) is 11.6 Å². The molecule has 0 saturated carbocycles. The molecule has 0 bridgehead atoms. The van der Waals surface area contributed by atoms with Crippen LogP contribution in [-0.2, 0) is 13.5 Å². The zero-order valence-electron chi connectivity index (χ0n) is 10.0. The number of hydrogen-bond acceptors (Lipinski definition) is 2. The van der Waals surface area contributed by atoms with Crippen LogP contribution in [0, 0.1) is 5.82 Å². The van der Waals surface area contributed by atoms with Crippen molar-refractivity contribution in [2.45, 2.75) is 12.5 Å². The summed E-state index contributed by atoms with van der Waals surface area (Å²) in [6.45, 7) is 0. The Labute approximate surface area is 100 Å². The Kier molecular flexibility index (Phi) is 3.54. The molecule has 0 saturated heterocycles. The van der Waals surface area contributed by atoms with Crippen LogP contribution >= 0.6 is 0 Å². The second-order valence-electron chi connectivity index (χ2n) is 4.05. The summed E-state index contributed by atoms with van der Waals surface area (Å²) >= 11 is 0. The van der Waals surface area contributed by atoms with E-state index < -0.39 is 0 Å². The van der Waals surface area contributed by atoms with E-state index in [0.717, 1.165) is 17.8 Å². The van der Waals surface area contributed by atoms with Crippen LogP contribution in [0.2, 0.25) is 0 Å². The lowest BCUT2D eigenvalue weighted by Gasteiger charge is -2.16. The fourth-order valence-electron chi connectivity index (χ4n) is 1.89. The summed E-state index contributed by atoms with van der Waals surface area (Å²) in [7, 11) is 3.83. The molecule has 0 aliphatic heterocycles. The summed E-state index contributed by atoms with van der Waals surface area (Å²) in [5, 5.41) is 3.19. The van der Waals surface area contributed by atoms with Gasteiger partial charge < -0.3 is 9.88 Å². The van der Waals surface area contributed by atoms with Crippen molar-refractivity contribution >= 4 is 0 Å². The second kappa shape index (κ2) is 5.10. The van der Waals surface area contributed by atoms with E-state index in [9.17, 15) is 4.39 Å². The Balaban J connectivity index is 2.20. The van der Waals surface area contributed by atoms with Crippen molar-refractivity contribution in [3.63, 3.8) is 0 Å². The first-order valence-corrected chi connectivity index (χ1v) is 5.59. The normalized spacial score (nSPS) is 12.6. The Morgan fingerprint density at radius 3 is 2.88 bits per heavy atom. The van der Waals surface area contributed by atoms with E-state index in [2.05, 4.69) is 10.3 Å². The number of hydrogen-bond donors (Lipinski definition) is 1. The van der Waals surface area contributed by atoms with E-state index in [-0.39, 0.29) is 11.9 Å². The number of likely N-dealkylation sites (N-methyl/N-ethyl adjacent to an activating group) is 1. The molecule has 0 aliphatic rings. The Hall–Kier alpha value is -1.68. The van der Waals surface area contributed by atoms with E-state index in [4.69, 9.17) is 0 Å². The third-order valence-corrected chi connectivity index (χ3v) is 2.91. The lowest BCUT2D eigenvalue weighted by atomic mass is 10.0. The standard InChI is InChI=1S/C13H16FN3/c1-15-12(9-13-16-6-7-17(13)2)10-4-3-5-11(14)8-10/h3-8,12,15H,9H2,1-2H3. The Bertz CT molecular complexity index is 493. The van der Waals surface area contributed by atoms with Crippen molar-refractivity contribution in [2.24, 2.45) is 7.05 Å². The molecule has 1 aromatic carbocycles. The van der Waals surface area contributed by atoms with E-state index in [1.54, 1.807) is 18.3 Å². The summed E-state index contributed by atoms with van der Waals surface area (Å²) < 4.78 is 15.1. The topological polar surface area (TPSA) is 29.9 Å². The van der Waals surface area contributed by atoms with Crippen LogP contribution in [0.4, 0.5) is 4.39 Å². The molecular formula is C13H16FN3. The maximum Gasteiger partial charge on any atom is 0.123 e. The van der Waals surface area contributed by atoms with E-state index in [1.165, 1.54) is 6.07 Å². The Morgan fingerprint density at radius 1 is 1.47 bits per heavy atom. The smallest absolute Gasteiger partial charge is 0.123 e. The number of imidazole rings is 1. The third-order valence-electron chi connectivity index (χ3n) is 2.91. The van der Waals surface area contributed by atoms with Gasteiger partial charge in [-0.15, -0.1) is 0 Å². The molecule has 1 unspecified atom stereocenters. The van der Waals surface area contributed by atoms with Gasteiger partial charge in [0.2, 0.25) is 0 Å². The summed E-state index contributed by atoms with van der Waals surface area (Å²) in [5.74, 6) is 0.774. The maximum absolute atomic E-state index is 13.2. The average Bonchev–Trinajstić information content (AvgIpc) is 2.71. The van der Waals surface area contributed by atoms with E-state index in [0.29, 0.717) is 0 Å². The number of rotatable bonds is 4. The van der Waals surface area contributed by atoms with Gasteiger partial charge in [0.05, 0.1) is 0 Å². The predicted octanol–water partition coefficient (Wildman–Crippen LogP) is 2.06. The molecule has 0 radical (unpaired) electrons. The summed E-state index contributed by atoms with van der Waals surface area (Å²) in [5.41, 5.74) is 0.940. The molecule has 17 heavy (non-hydrogen) atoms. The zero-order valence-corrected chi connectivity index (χ0v) is 10.0. The number of halogens is 1. The van der Waals surface area contributed by atoms with Crippen LogP contribution in [0.5, 0.6) is 0 Å². The van der Waals surface area contributed by atoms with Crippen LogP contribution in [0.3, 0.4) is 0 Å². The molecule has 90 valence electrons. The number of aromatic nitrogens is 2. The van der Waals surface area contributed by atoms with Gasteiger partial charge >= 0.3 is 0 Å². The minimum atomic E-state index is -0.206. The molecule has 2 aromatic rings. The zero-order chi connectivity index (χ0) is 12.3. The van der Waals surface area contributed by atoms with Gasteiger partial charge in [-0.3, -0.25) is 0 Å². The van der Waals surface area contributed by atoms with Crippen molar-refractivity contribution < 1.29 is 4.39 Å². The van der Waals surface area contributed by atoms with Crippen molar-refractivity contribution in [3.05, 3.63) is 53.9 Å². The highest BCUT2D eigenvalue weighted by Crippen LogP contribution is 2.17. The molecule has 3 nitrogen and oxygen atoms in total. The maximum atomic E-state index is 13.2. The van der Waals surface area contributed by atoms with Crippen molar-refractivity contribution in [2.75, 3.05) is 7.05 Å². The van der Waals surface area contributed by atoms with Crippen LogP contribution in [-0.4, -0.2) is 16.6 Å². The fraction of sp³-hybridized carbons (Fsp3) is 0.308. The molecule has 1 heterocycles. The Morgan fingerprint density at radius 2 is 2.29 bits per heavy atom. The predicted molar refractivity (Wildman–Crippen MR) is 65.1 cm³/mol. The second-order valence-corrected chi connectivity index (χ2v) is 4.05. The van der Waals surface area contributed by atoms with Gasteiger partial charge in [0.25, 0.3) is 0 Å². The van der Waals surface area contributed by atoms with Crippen LogP contribution < -0.4 is 5.32 Å². The number of nitrogens with one attached hydrogen (secondary N) is 1. The van der Waals surface area contributed by atoms with Crippen molar-refractivity contribution in [1.29, 1.82) is 0 Å². The lowest BCUT2D eigenvalue weighted by Crippen LogP contribution is -2.20. The fourth-order valence-corrected chi connectivity index (χ4v) is 1.89. The molecule has 0 fully saturated rings. The first-order chi connectivity index (χ1) is 8.20. The number of nitrogens with zero attached hydrogens (tertiary/aromatic N) is 2.